The molecule has 1 aromatic carbocycles. The molecule has 0 bridgehead atoms. The second kappa shape index (κ2) is 7.72. The van der Waals surface area contributed by atoms with Crippen molar-refractivity contribution in [2.45, 2.75) is 50.3 Å². The Morgan fingerprint density at radius 3 is 2.71 bits per heavy atom. The molecule has 17 heavy (non-hydrogen) atoms. The van der Waals surface area contributed by atoms with E-state index < -0.39 is 0 Å². The third-order valence-electron chi connectivity index (χ3n) is 2.60. The second-order valence-corrected chi connectivity index (χ2v) is 5.82. The zero-order valence-corrected chi connectivity index (χ0v) is 11.7. The summed E-state index contributed by atoms with van der Waals surface area (Å²) in [5.41, 5.74) is 1.03. The molecule has 0 aliphatic rings. The van der Waals surface area contributed by atoms with Crippen molar-refractivity contribution in [2.24, 2.45) is 0 Å². The summed E-state index contributed by atoms with van der Waals surface area (Å²) in [6, 6.07) is 5.33. The highest BCUT2D eigenvalue weighted by molar-refractivity contribution is 7.99. The molecule has 0 spiro atoms. The van der Waals surface area contributed by atoms with Crippen LogP contribution in [-0.4, -0.2) is 11.8 Å². The topological polar surface area (TPSA) is 12.0 Å². The minimum atomic E-state index is -0.133. The molecule has 0 heterocycles. The molecule has 0 aliphatic carbocycles. The van der Waals surface area contributed by atoms with Gasteiger partial charge in [0.15, 0.2) is 0 Å². The van der Waals surface area contributed by atoms with Crippen molar-refractivity contribution in [2.75, 3.05) is 6.54 Å². The van der Waals surface area contributed by atoms with Crippen molar-refractivity contribution < 1.29 is 4.39 Å². The van der Waals surface area contributed by atoms with Crippen LogP contribution in [0.25, 0.3) is 0 Å². The first-order chi connectivity index (χ1) is 8.15. The van der Waals surface area contributed by atoms with E-state index in [2.05, 4.69) is 32.2 Å². The van der Waals surface area contributed by atoms with Crippen molar-refractivity contribution >= 4 is 11.8 Å². The van der Waals surface area contributed by atoms with Gasteiger partial charge in [-0.2, -0.15) is 0 Å². The van der Waals surface area contributed by atoms with Crippen LogP contribution in [-0.2, 0) is 6.54 Å². The normalized spacial score (nSPS) is 12.7. The van der Waals surface area contributed by atoms with Crippen molar-refractivity contribution in [3.05, 3.63) is 29.6 Å². The smallest absolute Gasteiger partial charge is 0.124 e. The standard InChI is InChI=1S/C14H22FNS/c1-4-6-16-10-12-7-13(15)9-14(8-12)17-11(3)5-2/h7-9,11,16H,4-6,10H2,1-3H3. The van der Waals surface area contributed by atoms with E-state index in [0.717, 1.165) is 36.4 Å². The van der Waals surface area contributed by atoms with Crippen LogP contribution in [0.5, 0.6) is 0 Å². The van der Waals surface area contributed by atoms with Crippen LogP contribution in [0.1, 0.15) is 39.2 Å². The van der Waals surface area contributed by atoms with Gasteiger partial charge >= 0.3 is 0 Å². The molecule has 1 nitrogen and oxygen atoms in total. The van der Waals surface area contributed by atoms with Gasteiger partial charge in [-0.25, -0.2) is 4.39 Å². The van der Waals surface area contributed by atoms with Gasteiger partial charge in [0.2, 0.25) is 0 Å². The Bertz CT molecular complexity index is 341. The first-order valence-corrected chi connectivity index (χ1v) is 7.20. The average Bonchev–Trinajstić information content (AvgIpc) is 2.28. The molecule has 0 fully saturated rings. The number of hydrogen-bond donors (Lipinski definition) is 1. The van der Waals surface area contributed by atoms with Gasteiger partial charge < -0.3 is 5.32 Å². The van der Waals surface area contributed by atoms with E-state index in [1.165, 1.54) is 0 Å². The Morgan fingerprint density at radius 2 is 2.06 bits per heavy atom. The monoisotopic (exact) mass is 255 g/mol. The zero-order chi connectivity index (χ0) is 12.7. The highest BCUT2D eigenvalue weighted by Gasteiger charge is 2.05. The molecule has 1 atom stereocenters. The lowest BCUT2D eigenvalue weighted by molar-refractivity contribution is 0.615. The summed E-state index contributed by atoms with van der Waals surface area (Å²) in [5, 5.41) is 3.83. The minimum Gasteiger partial charge on any atom is -0.313 e. The van der Waals surface area contributed by atoms with E-state index >= 15 is 0 Å². The predicted octanol–water partition coefficient (Wildman–Crippen LogP) is 4.22. The largest absolute Gasteiger partial charge is 0.313 e. The zero-order valence-electron chi connectivity index (χ0n) is 10.9. The number of halogens is 1. The highest BCUT2D eigenvalue weighted by Crippen LogP contribution is 2.26. The highest BCUT2D eigenvalue weighted by atomic mass is 32.2. The minimum absolute atomic E-state index is 0.133. The Labute approximate surface area is 108 Å². The molecule has 3 heteroatoms. The van der Waals surface area contributed by atoms with Gasteiger partial charge in [0.25, 0.3) is 0 Å². The summed E-state index contributed by atoms with van der Waals surface area (Å²) in [5.74, 6) is -0.133. The van der Waals surface area contributed by atoms with Gasteiger partial charge in [-0.1, -0.05) is 20.8 Å². The summed E-state index contributed by atoms with van der Waals surface area (Å²) in [6.45, 7) is 8.18. The fraction of sp³-hybridized carbons (Fsp3) is 0.571. The van der Waals surface area contributed by atoms with Crippen LogP contribution < -0.4 is 5.32 Å². The van der Waals surface area contributed by atoms with Gasteiger partial charge in [0.05, 0.1) is 0 Å². The van der Waals surface area contributed by atoms with E-state index in [1.807, 2.05) is 0 Å². The number of hydrogen-bond acceptors (Lipinski definition) is 2. The Hall–Kier alpha value is -0.540. The van der Waals surface area contributed by atoms with Gasteiger partial charge in [-0.15, -0.1) is 11.8 Å². The quantitative estimate of drug-likeness (QED) is 0.578. The number of nitrogens with one attached hydrogen (secondary N) is 1. The molecular formula is C14H22FNS. The molecular weight excluding hydrogens is 233 g/mol. The lowest BCUT2D eigenvalue weighted by Gasteiger charge is -2.10. The van der Waals surface area contributed by atoms with Crippen molar-refractivity contribution in [3.63, 3.8) is 0 Å². The molecule has 0 radical (unpaired) electrons. The van der Waals surface area contributed by atoms with Crippen LogP contribution in [0.2, 0.25) is 0 Å². The van der Waals surface area contributed by atoms with Crippen molar-refractivity contribution in [1.29, 1.82) is 0 Å². The van der Waals surface area contributed by atoms with E-state index in [1.54, 1.807) is 23.9 Å². The first kappa shape index (κ1) is 14.5. The Morgan fingerprint density at radius 1 is 1.29 bits per heavy atom. The molecule has 0 amide bonds. The van der Waals surface area contributed by atoms with Crippen molar-refractivity contribution in [3.8, 4) is 0 Å². The average molecular weight is 255 g/mol. The molecule has 0 saturated heterocycles. The van der Waals surface area contributed by atoms with Crippen LogP contribution in [0.3, 0.4) is 0 Å². The van der Waals surface area contributed by atoms with E-state index in [0.29, 0.717) is 5.25 Å². The number of thioether (sulfide) groups is 1. The molecule has 0 aliphatic heterocycles. The molecule has 96 valence electrons. The Balaban J connectivity index is 2.65. The van der Waals surface area contributed by atoms with E-state index in [4.69, 9.17) is 0 Å². The van der Waals surface area contributed by atoms with Crippen LogP contribution in [0, 0.1) is 5.82 Å². The fourth-order valence-corrected chi connectivity index (χ4v) is 2.55. The van der Waals surface area contributed by atoms with Gasteiger partial charge in [-0.05, 0) is 43.1 Å². The summed E-state index contributed by atoms with van der Waals surface area (Å²) in [7, 11) is 0. The van der Waals surface area contributed by atoms with Crippen LogP contribution in [0.4, 0.5) is 4.39 Å². The van der Waals surface area contributed by atoms with Gasteiger partial charge in [0.1, 0.15) is 5.82 Å². The maximum absolute atomic E-state index is 13.5. The number of benzene rings is 1. The maximum atomic E-state index is 13.5. The SMILES string of the molecule is CCCNCc1cc(F)cc(SC(C)CC)c1. The lowest BCUT2D eigenvalue weighted by Crippen LogP contribution is -2.13. The number of rotatable bonds is 7. The second-order valence-electron chi connectivity index (χ2n) is 4.31. The van der Waals surface area contributed by atoms with Crippen LogP contribution in [0.15, 0.2) is 23.1 Å². The summed E-state index contributed by atoms with van der Waals surface area (Å²) >= 11 is 1.74. The predicted molar refractivity (Wildman–Crippen MR) is 74.0 cm³/mol. The molecule has 1 unspecified atom stereocenters. The molecule has 1 rings (SSSR count). The van der Waals surface area contributed by atoms with E-state index in [9.17, 15) is 4.39 Å². The Kier molecular flexibility index (Phi) is 6.60. The fourth-order valence-electron chi connectivity index (χ4n) is 1.52. The third-order valence-corrected chi connectivity index (χ3v) is 3.84. The maximum Gasteiger partial charge on any atom is 0.124 e. The molecule has 0 aromatic heterocycles. The summed E-state index contributed by atoms with van der Waals surface area (Å²) in [6.07, 6.45) is 2.20. The van der Waals surface area contributed by atoms with E-state index in [-0.39, 0.29) is 5.82 Å². The van der Waals surface area contributed by atoms with Gasteiger partial charge in [-0.3, -0.25) is 0 Å². The summed E-state index contributed by atoms with van der Waals surface area (Å²) in [4.78, 5) is 1.03. The molecule has 1 N–H and O–H groups in total. The van der Waals surface area contributed by atoms with Crippen LogP contribution >= 0.6 is 11.8 Å². The molecule has 0 saturated carbocycles. The first-order valence-electron chi connectivity index (χ1n) is 6.32. The third kappa shape index (κ3) is 5.55. The van der Waals surface area contributed by atoms with Gasteiger partial charge in [0, 0.05) is 16.7 Å². The summed E-state index contributed by atoms with van der Waals surface area (Å²) < 4.78 is 13.5. The lowest BCUT2D eigenvalue weighted by atomic mass is 10.2. The molecule has 1 aromatic rings. The van der Waals surface area contributed by atoms with Crippen molar-refractivity contribution in [1.82, 2.24) is 5.32 Å².